The van der Waals surface area contributed by atoms with Crippen molar-refractivity contribution in [3.8, 4) is 0 Å². The number of benzene rings is 1. The minimum Gasteiger partial charge on any atom is -0.465 e. The van der Waals surface area contributed by atoms with Crippen molar-refractivity contribution >= 4 is 29.8 Å². The maximum absolute atomic E-state index is 13.3. The number of carboxylic acid groups (broad SMARTS) is 1. The number of fused-ring (bicyclic) bond motifs is 2. The zero-order valence-corrected chi connectivity index (χ0v) is 20.5. The molecule has 1 aromatic rings. The van der Waals surface area contributed by atoms with E-state index in [0.717, 1.165) is 5.56 Å². The van der Waals surface area contributed by atoms with Crippen molar-refractivity contribution in [1.29, 1.82) is 0 Å². The minimum atomic E-state index is -1.69. The molecule has 3 aliphatic heterocycles. The molecule has 3 fully saturated rings. The molecule has 0 aliphatic carbocycles. The van der Waals surface area contributed by atoms with E-state index >= 15 is 0 Å². The minimum absolute atomic E-state index is 0.00717. The van der Waals surface area contributed by atoms with E-state index in [1.807, 2.05) is 30.3 Å². The summed E-state index contributed by atoms with van der Waals surface area (Å²) < 4.78 is 0. The van der Waals surface area contributed by atoms with Crippen molar-refractivity contribution in [2.75, 3.05) is 6.54 Å². The highest BCUT2D eigenvalue weighted by molar-refractivity contribution is 6.04. The molecular formula is C24H31N5O7. The van der Waals surface area contributed by atoms with Crippen LogP contribution in [0.25, 0.3) is 0 Å². The van der Waals surface area contributed by atoms with E-state index < -0.39 is 46.8 Å². The third-order valence-corrected chi connectivity index (χ3v) is 7.28. The number of carbonyl (C=O) groups is 5. The second-order valence-electron chi connectivity index (χ2n) is 10.3. The van der Waals surface area contributed by atoms with Crippen molar-refractivity contribution in [2.45, 2.75) is 70.7 Å². The molecule has 0 saturated carbocycles. The lowest BCUT2D eigenvalue weighted by Crippen LogP contribution is -2.67. The molecule has 0 radical (unpaired) electrons. The smallest absolute Gasteiger partial charge is 0.415 e. The quantitative estimate of drug-likeness (QED) is 0.519. The number of imide groups is 1. The average molecular weight is 502 g/mol. The van der Waals surface area contributed by atoms with Gasteiger partial charge in [0.1, 0.15) is 18.2 Å². The summed E-state index contributed by atoms with van der Waals surface area (Å²) in [6.07, 6.45) is -0.725. The number of likely N-dealkylation sites (tertiary alicyclic amines) is 1. The molecule has 3 atom stereocenters. The van der Waals surface area contributed by atoms with Gasteiger partial charge in [0.05, 0.1) is 6.04 Å². The normalized spacial score (nSPS) is 25.8. The lowest BCUT2D eigenvalue weighted by molar-refractivity contribution is -0.147. The fourth-order valence-electron chi connectivity index (χ4n) is 5.35. The van der Waals surface area contributed by atoms with Gasteiger partial charge in [-0.05, 0) is 30.2 Å². The number of hydrogen-bond donors (Lipinski definition) is 3. The summed E-state index contributed by atoms with van der Waals surface area (Å²) in [5, 5.41) is 10.9. The van der Waals surface area contributed by atoms with Gasteiger partial charge in [0, 0.05) is 13.0 Å². The zero-order chi connectivity index (χ0) is 26.3. The summed E-state index contributed by atoms with van der Waals surface area (Å²) in [5.41, 5.74) is 2.96. The van der Waals surface area contributed by atoms with Gasteiger partial charge in [-0.3, -0.25) is 30.1 Å². The standard InChI is InChI=1S/C24H31N5O7/c1-23(2,3)24(12-11-18(30)28(24)22(34)35)20(32)26-25-19(31)17-10-9-16-13-27(17)21(33)29(16)36-14-15-7-5-4-6-8-15/h4-8,16-17H,9-14H2,1-3H3,(H,25,31)(H,26,32)(H,34,35)/t16-,17+,24-/m1/s1. The van der Waals surface area contributed by atoms with Crippen LogP contribution in [-0.2, 0) is 25.8 Å². The van der Waals surface area contributed by atoms with Crippen LogP contribution < -0.4 is 10.9 Å². The van der Waals surface area contributed by atoms with Crippen molar-refractivity contribution in [3.05, 3.63) is 35.9 Å². The predicted octanol–water partition coefficient (Wildman–Crippen LogP) is 1.62. The van der Waals surface area contributed by atoms with Crippen LogP contribution in [0.1, 0.15) is 52.0 Å². The second-order valence-corrected chi connectivity index (χ2v) is 10.3. The van der Waals surface area contributed by atoms with Crippen LogP contribution >= 0.6 is 0 Å². The fraction of sp³-hybridized carbons (Fsp3) is 0.542. The van der Waals surface area contributed by atoms with Crippen LogP contribution in [0, 0.1) is 5.41 Å². The summed E-state index contributed by atoms with van der Waals surface area (Å²) in [6.45, 7) is 5.52. The van der Waals surface area contributed by atoms with Gasteiger partial charge in [-0.15, -0.1) is 0 Å². The first-order valence-electron chi connectivity index (χ1n) is 11.9. The van der Waals surface area contributed by atoms with E-state index in [4.69, 9.17) is 4.84 Å². The van der Waals surface area contributed by atoms with Crippen LogP contribution in [0.4, 0.5) is 9.59 Å². The highest BCUT2D eigenvalue weighted by Crippen LogP contribution is 2.44. The van der Waals surface area contributed by atoms with Crippen LogP contribution in [0.3, 0.4) is 0 Å². The van der Waals surface area contributed by atoms with Gasteiger partial charge in [0.15, 0.2) is 0 Å². The Bertz CT molecular complexity index is 1070. The van der Waals surface area contributed by atoms with E-state index in [2.05, 4.69) is 10.9 Å². The molecule has 6 amide bonds. The molecular weight excluding hydrogens is 470 g/mol. The largest absolute Gasteiger partial charge is 0.465 e. The van der Waals surface area contributed by atoms with E-state index in [9.17, 15) is 29.1 Å². The Morgan fingerprint density at radius 1 is 1.11 bits per heavy atom. The molecule has 12 heteroatoms. The maximum atomic E-state index is 13.3. The molecule has 3 saturated heterocycles. The molecule has 36 heavy (non-hydrogen) atoms. The number of hydrogen-bond acceptors (Lipinski definition) is 6. The Morgan fingerprint density at radius 2 is 1.81 bits per heavy atom. The van der Waals surface area contributed by atoms with Crippen molar-refractivity contribution in [2.24, 2.45) is 5.41 Å². The first-order chi connectivity index (χ1) is 17.0. The Kier molecular flexibility index (Phi) is 6.65. The molecule has 1 aromatic carbocycles. The van der Waals surface area contributed by atoms with Crippen molar-refractivity contribution < 1.29 is 33.9 Å². The van der Waals surface area contributed by atoms with Gasteiger partial charge in [-0.2, -0.15) is 5.06 Å². The molecule has 0 aromatic heterocycles. The Labute approximate surface area is 208 Å². The third-order valence-electron chi connectivity index (χ3n) is 7.28. The number of hydroxylamine groups is 2. The van der Waals surface area contributed by atoms with Gasteiger partial charge in [-0.25, -0.2) is 14.5 Å². The van der Waals surface area contributed by atoms with Crippen LogP contribution in [-0.4, -0.2) is 74.0 Å². The summed E-state index contributed by atoms with van der Waals surface area (Å²) in [6, 6.07) is 7.98. The first kappa shape index (κ1) is 25.4. The molecule has 4 rings (SSSR count). The summed E-state index contributed by atoms with van der Waals surface area (Å²) in [7, 11) is 0. The van der Waals surface area contributed by atoms with Gasteiger partial charge in [-0.1, -0.05) is 51.1 Å². The number of nitrogens with zero attached hydrogens (tertiary/aromatic N) is 3. The summed E-state index contributed by atoms with van der Waals surface area (Å²) in [5.74, 6) is -2.07. The summed E-state index contributed by atoms with van der Waals surface area (Å²) >= 11 is 0. The molecule has 3 N–H and O–H groups in total. The van der Waals surface area contributed by atoms with Crippen LogP contribution in [0.2, 0.25) is 0 Å². The van der Waals surface area contributed by atoms with Crippen molar-refractivity contribution in [1.82, 2.24) is 25.7 Å². The second kappa shape index (κ2) is 9.41. The maximum Gasteiger partial charge on any atom is 0.415 e. The van der Waals surface area contributed by atoms with E-state index in [1.165, 1.54) is 9.96 Å². The topological polar surface area (TPSA) is 149 Å². The van der Waals surface area contributed by atoms with Crippen LogP contribution in [0.5, 0.6) is 0 Å². The molecule has 2 bridgehead atoms. The number of piperidine rings is 1. The molecule has 3 aliphatic rings. The van der Waals surface area contributed by atoms with E-state index in [0.29, 0.717) is 24.3 Å². The molecule has 0 unspecified atom stereocenters. The Morgan fingerprint density at radius 3 is 2.44 bits per heavy atom. The first-order valence-corrected chi connectivity index (χ1v) is 11.9. The number of carbonyl (C=O) groups excluding carboxylic acids is 4. The lowest BCUT2D eigenvalue weighted by atomic mass is 9.71. The average Bonchev–Trinajstić information content (AvgIpc) is 3.31. The van der Waals surface area contributed by atoms with Gasteiger partial charge in [0.25, 0.3) is 11.8 Å². The highest BCUT2D eigenvalue weighted by Gasteiger charge is 2.61. The molecule has 0 spiro atoms. The van der Waals surface area contributed by atoms with Gasteiger partial charge in [0.2, 0.25) is 5.91 Å². The Hall–Kier alpha value is -3.67. The van der Waals surface area contributed by atoms with Gasteiger partial charge >= 0.3 is 12.1 Å². The monoisotopic (exact) mass is 501 g/mol. The SMILES string of the molecule is CC(C)(C)[C@]1(C(=O)NNC(=O)[C@@H]2CC[C@@H]3CN2C(=O)N3OCc2ccccc2)CCC(=O)N1C(=O)O. The number of nitrogens with one attached hydrogen (secondary N) is 2. The number of rotatable bonds is 5. The zero-order valence-electron chi connectivity index (χ0n) is 20.5. The fourth-order valence-corrected chi connectivity index (χ4v) is 5.35. The van der Waals surface area contributed by atoms with E-state index in [1.54, 1.807) is 20.8 Å². The number of urea groups is 1. The number of hydrazine groups is 1. The molecule has 3 heterocycles. The lowest BCUT2D eigenvalue weighted by Gasteiger charge is -2.44. The molecule has 194 valence electrons. The third kappa shape index (κ3) is 4.25. The molecule has 12 nitrogen and oxygen atoms in total. The Balaban J connectivity index is 1.40. The van der Waals surface area contributed by atoms with Crippen molar-refractivity contribution in [3.63, 3.8) is 0 Å². The number of amides is 6. The van der Waals surface area contributed by atoms with E-state index in [-0.39, 0.29) is 25.5 Å². The van der Waals surface area contributed by atoms with Crippen LogP contribution in [0.15, 0.2) is 30.3 Å². The highest BCUT2D eigenvalue weighted by atomic mass is 16.7. The summed E-state index contributed by atoms with van der Waals surface area (Å²) in [4.78, 5) is 71.1. The predicted molar refractivity (Wildman–Crippen MR) is 125 cm³/mol. The van der Waals surface area contributed by atoms with Gasteiger partial charge < -0.3 is 10.0 Å².